The Hall–Kier alpha value is -1.02. The average Bonchev–Trinajstić information content (AvgIpc) is 2.46. The summed E-state index contributed by atoms with van der Waals surface area (Å²) in [6.45, 7) is 12.3. The Labute approximate surface area is 123 Å². The Morgan fingerprint density at radius 1 is 1.25 bits per heavy atom. The van der Waals surface area contributed by atoms with Gasteiger partial charge in [0, 0.05) is 17.9 Å². The van der Waals surface area contributed by atoms with E-state index in [1.165, 1.54) is 12.0 Å². The summed E-state index contributed by atoms with van der Waals surface area (Å²) in [6, 6.07) is 9.24. The molecule has 1 aromatic carbocycles. The second-order valence-electron chi connectivity index (χ2n) is 6.65. The summed E-state index contributed by atoms with van der Waals surface area (Å²) >= 11 is 0. The zero-order valence-electron chi connectivity index (χ0n) is 13.6. The smallest absolute Gasteiger partial charge is 0.119 e. The lowest BCUT2D eigenvalue weighted by atomic mass is 9.64. The van der Waals surface area contributed by atoms with Crippen LogP contribution in [0.3, 0.4) is 0 Å². The fourth-order valence-corrected chi connectivity index (χ4v) is 2.95. The average molecular weight is 275 g/mol. The van der Waals surface area contributed by atoms with Crippen molar-refractivity contribution in [1.82, 2.24) is 5.32 Å². The van der Waals surface area contributed by atoms with Crippen molar-refractivity contribution >= 4 is 0 Å². The van der Waals surface area contributed by atoms with Crippen LogP contribution in [0.5, 0.6) is 5.75 Å². The lowest BCUT2D eigenvalue weighted by Gasteiger charge is -2.51. The van der Waals surface area contributed by atoms with E-state index in [1.54, 1.807) is 0 Å². The number of nitrogens with one attached hydrogen (secondary N) is 1. The molecule has 1 aromatic rings. The van der Waals surface area contributed by atoms with Crippen LogP contribution in [-0.2, 0) is 0 Å². The standard InChI is InChI=1S/C18H29NO/c1-6-13(3)14-8-10-15(11-9-14)20-17-12-16(19-7-2)18(17,4)5/h8-11,13,16-17,19H,6-7,12H2,1-5H3. The summed E-state index contributed by atoms with van der Waals surface area (Å²) in [4.78, 5) is 0. The van der Waals surface area contributed by atoms with Crippen LogP contribution in [-0.4, -0.2) is 18.7 Å². The van der Waals surface area contributed by atoms with Gasteiger partial charge in [-0.25, -0.2) is 0 Å². The van der Waals surface area contributed by atoms with Gasteiger partial charge in [-0.2, -0.15) is 0 Å². The summed E-state index contributed by atoms with van der Waals surface area (Å²) in [5, 5.41) is 3.54. The number of benzene rings is 1. The SMILES string of the molecule is CCNC1CC(Oc2ccc(C(C)CC)cc2)C1(C)C. The molecule has 1 aliphatic carbocycles. The molecule has 2 heteroatoms. The Bertz CT molecular complexity index is 424. The lowest BCUT2D eigenvalue weighted by molar-refractivity contribution is -0.0541. The van der Waals surface area contributed by atoms with Crippen LogP contribution in [0.4, 0.5) is 0 Å². The first-order valence-corrected chi connectivity index (χ1v) is 7.99. The van der Waals surface area contributed by atoms with Gasteiger partial charge in [-0.05, 0) is 36.6 Å². The summed E-state index contributed by atoms with van der Waals surface area (Å²) in [6.07, 6.45) is 2.61. The van der Waals surface area contributed by atoms with Crippen molar-refractivity contribution in [2.24, 2.45) is 5.41 Å². The predicted octanol–water partition coefficient (Wildman–Crippen LogP) is 4.36. The van der Waals surface area contributed by atoms with Gasteiger partial charge in [0.15, 0.2) is 0 Å². The van der Waals surface area contributed by atoms with E-state index < -0.39 is 0 Å². The Morgan fingerprint density at radius 3 is 2.40 bits per heavy atom. The van der Waals surface area contributed by atoms with Crippen LogP contribution >= 0.6 is 0 Å². The minimum Gasteiger partial charge on any atom is -0.490 e. The molecule has 2 nitrogen and oxygen atoms in total. The van der Waals surface area contributed by atoms with E-state index in [2.05, 4.69) is 64.2 Å². The van der Waals surface area contributed by atoms with E-state index in [0.717, 1.165) is 18.7 Å². The van der Waals surface area contributed by atoms with Crippen LogP contribution in [0.15, 0.2) is 24.3 Å². The molecule has 0 bridgehead atoms. The van der Waals surface area contributed by atoms with E-state index in [-0.39, 0.29) is 5.41 Å². The topological polar surface area (TPSA) is 21.3 Å². The van der Waals surface area contributed by atoms with Gasteiger partial charge in [0.1, 0.15) is 11.9 Å². The highest BCUT2D eigenvalue weighted by molar-refractivity contribution is 5.30. The molecule has 112 valence electrons. The van der Waals surface area contributed by atoms with Crippen LogP contribution in [0, 0.1) is 5.41 Å². The number of rotatable bonds is 6. The van der Waals surface area contributed by atoms with E-state index in [4.69, 9.17) is 4.74 Å². The zero-order chi connectivity index (χ0) is 14.8. The fraction of sp³-hybridized carbons (Fsp3) is 0.667. The normalized spacial score (nSPS) is 25.9. The quantitative estimate of drug-likeness (QED) is 0.833. The first-order chi connectivity index (χ1) is 9.48. The minimum absolute atomic E-state index is 0.214. The number of hydrogen-bond donors (Lipinski definition) is 1. The molecule has 2 rings (SSSR count). The first kappa shape index (κ1) is 15.4. The monoisotopic (exact) mass is 275 g/mol. The maximum atomic E-state index is 6.17. The molecule has 0 heterocycles. The molecule has 1 N–H and O–H groups in total. The minimum atomic E-state index is 0.214. The van der Waals surface area contributed by atoms with Crippen molar-refractivity contribution in [2.45, 2.75) is 65.5 Å². The molecule has 0 spiro atoms. The lowest BCUT2D eigenvalue weighted by Crippen LogP contribution is -2.62. The molecule has 3 unspecified atom stereocenters. The van der Waals surface area contributed by atoms with Crippen molar-refractivity contribution in [1.29, 1.82) is 0 Å². The Balaban J connectivity index is 1.95. The second-order valence-corrected chi connectivity index (χ2v) is 6.65. The van der Waals surface area contributed by atoms with Gasteiger partial charge in [-0.1, -0.05) is 46.8 Å². The van der Waals surface area contributed by atoms with E-state index in [0.29, 0.717) is 18.1 Å². The van der Waals surface area contributed by atoms with Crippen molar-refractivity contribution in [3.8, 4) is 5.75 Å². The molecule has 3 atom stereocenters. The van der Waals surface area contributed by atoms with Gasteiger partial charge >= 0.3 is 0 Å². The largest absolute Gasteiger partial charge is 0.490 e. The van der Waals surface area contributed by atoms with Gasteiger partial charge < -0.3 is 10.1 Å². The highest BCUT2D eigenvalue weighted by Crippen LogP contribution is 2.43. The molecular formula is C18H29NO. The molecule has 1 saturated carbocycles. The Kier molecular flexibility index (Phi) is 4.74. The molecule has 0 radical (unpaired) electrons. The fourth-order valence-electron chi connectivity index (χ4n) is 2.95. The summed E-state index contributed by atoms with van der Waals surface area (Å²) < 4.78 is 6.17. The number of ether oxygens (including phenoxy) is 1. The van der Waals surface area contributed by atoms with Crippen molar-refractivity contribution in [2.75, 3.05) is 6.54 Å². The third kappa shape index (κ3) is 3.01. The van der Waals surface area contributed by atoms with E-state index in [9.17, 15) is 0 Å². The molecule has 1 aliphatic rings. The van der Waals surface area contributed by atoms with E-state index >= 15 is 0 Å². The second kappa shape index (κ2) is 6.17. The van der Waals surface area contributed by atoms with Crippen molar-refractivity contribution in [3.63, 3.8) is 0 Å². The highest BCUT2D eigenvalue weighted by Gasteiger charge is 2.49. The molecule has 0 aromatic heterocycles. The van der Waals surface area contributed by atoms with Crippen LogP contribution in [0.25, 0.3) is 0 Å². The number of hydrogen-bond acceptors (Lipinski definition) is 2. The first-order valence-electron chi connectivity index (χ1n) is 7.99. The molecule has 0 aliphatic heterocycles. The van der Waals surface area contributed by atoms with Gasteiger partial charge in [-0.3, -0.25) is 0 Å². The van der Waals surface area contributed by atoms with Gasteiger partial charge in [0.2, 0.25) is 0 Å². The zero-order valence-corrected chi connectivity index (χ0v) is 13.6. The molecular weight excluding hydrogens is 246 g/mol. The van der Waals surface area contributed by atoms with Gasteiger partial charge in [-0.15, -0.1) is 0 Å². The van der Waals surface area contributed by atoms with Gasteiger partial charge in [0.05, 0.1) is 0 Å². The molecule has 0 saturated heterocycles. The summed E-state index contributed by atoms with van der Waals surface area (Å²) in [7, 11) is 0. The van der Waals surface area contributed by atoms with E-state index in [1.807, 2.05) is 0 Å². The van der Waals surface area contributed by atoms with Crippen molar-refractivity contribution < 1.29 is 4.74 Å². The molecule has 20 heavy (non-hydrogen) atoms. The van der Waals surface area contributed by atoms with Crippen LogP contribution < -0.4 is 10.1 Å². The van der Waals surface area contributed by atoms with Gasteiger partial charge in [0.25, 0.3) is 0 Å². The maximum Gasteiger partial charge on any atom is 0.119 e. The summed E-state index contributed by atoms with van der Waals surface area (Å²) in [5.74, 6) is 1.63. The van der Waals surface area contributed by atoms with Crippen molar-refractivity contribution in [3.05, 3.63) is 29.8 Å². The predicted molar refractivity (Wildman–Crippen MR) is 85.4 cm³/mol. The third-order valence-corrected chi connectivity index (χ3v) is 4.97. The third-order valence-electron chi connectivity index (χ3n) is 4.97. The highest BCUT2D eigenvalue weighted by atomic mass is 16.5. The molecule has 0 amide bonds. The van der Waals surface area contributed by atoms with Crippen LogP contribution in [0.1, 0.15) is 58.9 Å². The Morgan fingerprint density at radius 2 is 1.90 bits per heavy atom. The molecule has 1 fully saturated rings. The maximum absolute atomic E-state index is 6.17. The van der Waals surface area contributed by atoms with Crippen LogP contribution in [0.2, 0.25) is 0 Å². The summed E-state index contributed by atoms with van der Waals surface area (Å²) in [5.41, 5.74) is 1.61.